The summed E-state index contributed by atoms with van der Waals surface area (Å²) in [5.41, 5.74) is 0. The number of nitrogens with zero attached hydrogens (tertiary/aromatic N) is 1. The van der Waals surface area contributed by atoms with Crippen LogP contribution in [0.25, 0.3) is 0 Å². The van der Waals surface area contributed by atoms with Crippen LogP contribution in [-0.2, 0) is 4.79 Å². The van der Waals surface area contributed by atoms with Gasteiger partial charge in [0.25, 0.3) is 0 Å². The summed E-state index contributed by atoms with van der Waals surface area (Å²) in [6.45, 7) is 7.46. The first-order chi connectivity index (χ1) is 8.16. The second-order valence-electron chi connectivity index (χ2n) is 5.94. The molecule has 2 heterocycles. The molecule has 0 aromatic heterocycles. The van der Waals surface area contributed by atoms with Gasteiger partial charge in [-0.25, -0.2) is 0 Å². The van der Waals surface area contributed by atoms with Crippen molar-refractivity contribution in [3.05, 3.63) is 0 Å². The molecule has 2 fully saturated rings. The van der Waals surface area contributed by atoms with E-state index in [0.717, 1.165) is 38.4 Å². The number of hydrogen-bond donors (Lipinski definition) is 1. The lowest BCUT2D eigenvalue weighted by atomic mass is 9.92. The third-order valence-corrected chi connectivity index (χ3v) is 4.30. The number of piperidine rings is 1. The molecule has 2 rings (SSSR count). The highest BCUT2D eigenvalue weighted by Crippen LogP contribution is 2.22. The van der Waals surface area contributed by atoms with Gasteiger partial charge in [-0.3, -0.25) is 4.79 Å². The Balaban J connectivity index is 1.89. The van der Waals surface area contributed by atoms with E-state index in [1.807, 2.05) is 0 Å². The van der Waals surface area contributed by atoms with Crippen molar-refractivity contribution in [3.8, 4) is 0 Å². The summed E-state index contributed by atoms with van der Waals surface area (Å²) >= 11 is 0. The van der Waals surface area contributed by atoms with E-state index in [9.17, 15) is 4.79 Å². The molecular weight excluding hydrogens is 212 g/mol. The smallest absolute Gasteiger partial charge is 0.225 e. The van der Waals surface area contributed by atoms with Crippen molar-refractivity contribution in [3.63, 3.8) is 0 Å². The van der Waals surface area contributed by atoms with Crippen LogP contribution in [0.1, 0.15) is 46.0 Å². The van der Waals surface area contributed by atoms with Crippen LogP contribution in [0.15, 0.2) is 0 Å². The summed E-state index contributed by atoms with van der Waals surface area (Å²) in [6, 6.07) is 0.503. The zero-order chi connectivity index (χ0) is 12.3. The van der Waals surface area contributed by atoms with Gasteiger partial charge in [0, 0.05) is 25.0 Å². The Morgan fingerprint density at radius 2 is 2.00 bits per heavy atom. The van der Waals surface area contributed by atoms with E-state index in [-0.39, 0.29) is 5.92 Å². The van der Waals surface area contributed by atoms with Gasteiger partial charge in [0.15, 0.2) is 0 Å². The molecule has 0 saturated carbocycles. The summed E-state index contributed by atoms with van der Waals surface area (Å²) in [5.74, 6) is 1.49. The summed E-state index contributed by atoms with van der Waals surface area (Å²) in [4.78, 5) is 14.6. The van der Waals surface area contributed by atoms with Crippen LogP contribution in [0.3, 0.4) is 0 Å². The Morgan fingerprint density at radius 1 is 1.18 bits per heavy atom. The van der Waals surface area contributed by atoms with Gasteiger partial charge in [-0.15, -0.1) is 0 Å². The maximum Gasteiger partial charge on any atom is 0.225 e. The van der Waals surface area contributed by atoms with Gasteiger partial charge in [-0.2, -0.15) is 0 Å². The minimum absolute atomic E-state index is 0.277. The lowest BCUT2D eigenvalue weighted by Gasteiger charge is -2.31. The molecule has 0 bridgehead atoms. The van der Waals surface area contributed by atoms with Crippen molar-refractivity contribution >= 4 is 5.91 Å². The Bertz CT molecular complexity index is 267. The first-order valence-electron chi connectivity index (χ1n) is 7.19. The Hall–Kier alpha value is -0.570. The molecule has 0 radical (unpaired) electrons. The molecule has 3 heteroatoms. The summed E-state index contributed by atoms with van der Waals surface area (Å²) in [5, 5.41) is 3.42. The molecule has 98 valence electrons. The molecule has 2 aliphatic heterocycles. The third-order valence-electron chi connectivity index (χ3n) is 4.30. The molecule has 3 atom stereocenters. The summed E-state index contributed by atoms with van der Waals surface area (Å²) in [7, 11) is 0. The largest absolute Gasteiger partial charge is 0.342 e. The van der Waals surface area contributed by atoms with Crippen molar-refractivity contribution in [1.82, 2.24) is 10.2 Å². The van der Waals surface area contributed by atoms with E-state index < -0.39 is 0 Å². The van der Waals surface area contributed by atoms with Crippen molar-refractivity contribution < 1.29 is 4.79 Å². The van der Waals surface area contributed by atoms with Crippen LogP contribution < -0.4 is 5.32 Å². The third kappa shape index (κ3) is 3.44. The van der Waals surface area contributed by atoms with E-state index in [1.54, 1.807) is 0 Å². The SMILES string of the molecule is CC1CCCN(C(=O)C2CCNC(C)C2)CC1. The number of carbonyl (C=O) groups excluding carboxylic acids is 1. The van der Waals surface area contributed by atoms with Crippen LogP contribution in [0.5, 0.6) is 0 Å². The van der Waals surface area contributed by atoms with Crippen LogP contribution in [0.4, 0.5) is 0 Å². The number of rotatable bonds is 1. The Labute approximate surface area is 105 Å². The van der Waals surface area contributed by atoms with Gasteiger partial charge < -0.3 is 10.2 Å². The molecule has 0 aromatic rings. The zero-order valence-corrected chi connectivity index (χ0v) is 11.2. The molecular formula is C14H26N2O. The minimum Gasteiger partial charge on any atom is -0.342 e. The molecule has 2 aliphatic rings. The van der Waals surface area contributed by atoms with Crippen molar-refractivity contribution in [1.29, 1.82) is 0 Å². The molecule has 0 spiro atoms. The first kappa shape index (κ1) is 12.9. The fraction of sp³-hybridized carbons (Fsp3) is 0.929. The Kier molecular flexibility index (Phi) is 4.43. The molecule has 0 aromatic carbocycles. The van der Waals surface area contributed by atoms with Crippen molar-refractivity contribution in [2.75, 3.05) is 19.6 Å². The standard InChI is InChI=1S/C14H26N2O/c1-11-4-3-8-16(9-6-11)14(17)13-5-7-15-12(2)10-13/h11-13,15H,3-10H2,1-2H3. The second kappa shape index (κ2) is 5.85. The fourth-order valence-electron chi connectivity index (χ4n) is 3.10. The van der Waals surface area contributed by atoms with Crippen LogP contribution in [0, 0.1) is 11.8 Å². The normalized spacial score (nSPS) is 35.4. The van der Waals surface area contributed by atoms with Gasteiger partial charge in [0.2, 0.25) is 5.91 Å². The van der Waals surface area contributed by atoms with E-state index in [4.69, 9.17) is 0 Å². The lowest BCUT2D eigenvalue weighted by Crippen LogP contribution is -2.44. The predicted octanol–water partition coefficient (Wildman–Crippen LogP) is 2.02. The molecule has 2 saturated heterocycles. The molecule has 17 heavy (non-hydrogen) atoms. The molecule has 3 nitrogen and oxygen atoms in total. The lowest BCUT2D eigenvalue weighted by molar-refractivity contribution is -0.136. The van der Waals surface area contributed by atoms with Crippen LogP contribution in [-0.4, -0.2) is 36.5 Å². The van der Waals surface area contributed by atoms with Crippen LogP contribution >= 0.6 is 0 Å². The average molecular weight is 238 g/mol. The number of amides is 1. The average Bonchev–Trinajstić information content (AvgIpc) is 2.53. The highest BCUT2D eigenvalue weighted by atomic mass is 16.2. The number of carbonyl (C=O) groups is 1. The quantitative estimate of drug-likeness (QED) is 0.758. The summed E-state index contributed by atoms with van der Waals surface area (Å²) in [6.07, 6.45) is 5.70. The van der Waals surface area contributed by atoms with E-state index >= 15 is 0 Å². The minimum atomic E-state index is 0.277. The number of nitrogens with one attached hydrogen (secondary N) is 1. The zero-order valence-electron chi connectivity index (χ0n) is 11.2. The summed E-state index contributed by atoms with van der Waals surface area (Å²) < 4.78 is 0. The maximum absolute atomic E-state index is 12.5. The van der Waals surface area contributed by atoms with E-state index in [1.165, 1.54) is 19.3 Å². The van der Waals surface area contributed by atoms with Gasteiger partial charge in [0.05, 0.1) is 0 Å². The highest BCUT2D eigenvalue weighted by Gasteiger charge is 2.29. The molecule has 1 amide bonds. The van der Waals surface area contributed by atoms with Gasteiger partial charge in [-0.05, 0) is 51.5 Å². The van der Waals surface area contributed by atoms with Crippen LogP contribution in [0.2, 0.25) is 0 Å². The van der Waals surface area contributed by atoms with Gasteiger partial charge >= 0.3 is 0 Å². The van der Waals surface area contributed by atoms with Gasteiger partial charge in [0.1, 0.15) is 0 Å². The second-order valence-corrected chi connectivity index (χ2v) is 5.94. The molecule has 1 N–H and O–H groups in total. The number of hydrogen-bond acceptors (Lipinski definition) is 2. The van der Waals surface area contributed by atoms with Crippen molar-refractivity contribution in [2.45, 2.75) is 52.0 Å². The Morgan fingerprint density at radius 3 is 2.76 bits per heavy atom. The molecule has 3 unspecified atom stereocenters. The monoisotopic (exact) mass is 238 g/mol. The van der Waals surface area contributed by atoms with Crippen molar-refractivity contribution in [2.24, 2.45) is 11.8 Å². The molecule has 0 aliphatic carbocycles. The first-order valence-corrected chi connectivity index (χ1v) is 7.19. The highest BCUT2D eigenvalue weighted by molar-refractivity contribution is 5.79. The topological polar surface area (TPSA) is 32.3 Å². The maximum atomic E-state index is 12.5. The predicted molar refractivity (Wildman–Crippen MR) is 69.8 cm³/mol. The van der Waals surface area contributed by atoms with Gasteiger partial charge in [-0.1, -0.05) is 6.92 Å². The fourth-order valence-corrected chi connectivity index (χ4v) is 3.10. The number of likely N-dealkylation sites (tertiary alicyclic amines) is 1. The van der Waals surface area contributed by atoms with E-state index in [0.29, 0.717) is 11.9 Å². The van der Waals surface area contributed by atoms with E-state index in [2.05, 4.69) is 24.1 Å².